The Morgan fingerprint density at radius 1 is 1.42 bits per heavy atom. The Hall–Kier alpha value is -1.33. The molecule has 2 rings (SSSR count). The van der Waals surface area contributed by atoms with Crippen LogP contribution in [-0.4, -0.2) is 36.3 Å². The highest BCUT2D eigenvalue weighted by Crippen LogP contribution is 2.14. The summed E-state index contributed by atoms with van der Waals surface area (Å²) in [5.74, 6) is 0. The van der Waals surface area contributed by atoms with Gasteiger partial charge in [0.05, 0.1) is 6.54 Å². The van der Waals surface area contributed by atoms with Crippen molar-refractivity contribution in [3.8, 4) is 0 Å². The van der Waals surface area contributed by atoms with Crippen LogP contribution < -0.4 is 5.73 Å². The number of nitrogens with zero attached hydrogens (tertiary/aromatic N) is 1. The lowest BCUT2D eigenvalue weighted by atomic mass is 10.1. The molecule has 0 saturated carbocycles. The van der Waals surface area contributed by atoms with Crippen molar-refractivity contribution in [2.24, 2.45) is 5.73 Å². The number of carbonyl (C=O) groups excluding carboxylic acids is 1. The summed E-state index contributed by atoms with van der Waals surface area (Å²) in [4.78, 5) is 13.1. The van der Waals surface area contributed by atoms with Crippen LogP contribution in [0.2, 0.25) is 0 Å². The van der Waals surface area contributed by atoms with Gasteiger partial charge in [0, 0.05) is 12.6 Å². The number of nitrogens with two attached hydrogens (primary N) is 1. The molecule has 0 radical (unpaired) electrons. The van der Waals surface area contributed by atoms with E-state index in [-0.39, 0.29) is 25.6 Å². The van der Waals surface area contributed by atoms with Crippen LogP contribution in [0.15, 0.2) is 30.3 Å². The number of likely N-dealkylation sites (tertiary alicyclic amines) is 1. The molecule has 4 nitrogen and oxygen atoms in total. The number of amides is 1. The van der Waals surface area contributed by atoms with Crippen LogP contribution in [0, 0.1) is 0 Å². The van der Waals surface area contributed by atoms with Crippen molar-refractivity contribution in [2.45, 2.75) is 25.2 Å². The lowest BCUT2D eigenvalue weighted by Crippen LogP contribution is -2.50. The number of carbonyl (C=O) groups is 1. The highest BCUT2D eigenvalue weighted by Gasteiger charge is 2.29. The monoisotopic (exact) mass is 288 g/mol. The van der Waals surface area contributed by atoms with E-state index in [2.05, 4.69) is 0 Å². The maximum Gasteiger partial charge on any atom is 0.410 e. The maximum absolute atomic E-state index is 13.4. The summed E-state index contributed by atoms with van der Waals surface area (Å²) in [6, 6.07) is 8.92. The van der Waals surface area contributed by atoms with Gasteiger partial charge < -0.3 is 15.4 Å². The standard InChI is InChI=1S/C13H17FN2O2.ClH/c14-11-8-16(7-6-12(11)15)13(17)18-9-10-4-2-1-3-5-10;/h1-5,11-12H,6-9,15H2;1H/t11-,12-;/m1./s1. The Labute approximate surface area is 118 Å². The molecule has 6 heteroatoms. The first-order chi connectivity index (χ1) is 8.66. The molecule has 0 spiro atoms. The minimum Gasteiger partial charge on any atom is -0.445 e. The lowest BCUT2D eigenvalue weighted by molar-refractivity contribution is 0.0660. The zero-order chi connectivity index (χ0) is 13.0. The molecule has 1 amide bonds. The second-order valence-corrected chi connectivity index (χ2v) is 4.45. The third kappa shape index (κ3) is 4.36. The Kier molecular flexibility index (Phi) is 6.05. The van der Waals surface area contributed by atoms with Crippen molar-refractivity contribution in [3.63, 3.8) is 0 Å². The van der Waals surface area contributed by atoms with Crippen LogP contribution in [0.25, 0.3) is 0 Å². The van der Waals surface area contributed by atoms with Crippen molar-refractivity contribution in [2.75, 3.05) is 13.1 Å². The number of rotatable bonds is 2. The number of benzene rings is 1. The number of alkyl halides is 1. The van der Waals surface area contributed by atoms with Gasteiger partial charge in [-0.1, -0.05) is 30.3 Å². The van der Waals surface area contributed by atoms with Crippen molar-refractivity contribution in [1.29, 1.82) is 0 Å². The summed E-state index contributed by atoms with van der Waals surface area (Å²) < 4.78 is 18.5. The van der Waals surface area contributed by atoms with Crippen molar-refractivity contribution in [1.82, 2.24) is 4.90 Å². The summed E-state index contributed by atoms with van der Waals surface area (Å²) in [6.07, 6.45) is -1.17. The number of hydrogen-bond donors (Lipinski definition) is 1. The fourth-order valence-electron chi connectivity index (χ4n) is 1.90. The van der Waals surface area contributed by atoms with E-state index in [1.807, 2.05) is 30.3 Å². The molecule has 0 unspecified atom stereocenters. The summed E-state index contributed by atoms with van der Waals surface area (Å²) in [7, 11) is 0. The van der Waals surface area contributed by atoms with E-state index in [0.29, 0.717) is 13.0 Å². The number of hydrogen-bond acceptors (Lipinski definition) is 3. The van der Waals surface area contributed by atoms with Crippen molar-refractivity contribution in [3.05, 3.63) is 35.9 Å². The largest absolute Gasteiger partial charge is 0.445 e. The van der Waals surface area contributed by atoms with Gasteiger partial charge >= 0.3 is 6.09 Å². The molecule has 2 N–H and O–H groups in total. The first-order valence-electron chi connectivity index (χ1n) is 6.02. The van der Waals surface area contributed by atoms with Gasteiger partial charge in [-0.25, -0.2) is 9.18 Å². The van der Waals surface area contributed by atoms with Crippen LogP contribution in [-0.2, 0) is 11.3 Å². The summed E-state index contributed by atoms with van der Waals surface area (Å²) in [5.41, 5.74) is 6.47. The van der Waals surface area contributed by atoms with Gasteiger partial charge in [-0.3, -0.25) is 0 Å². The summed E-state index contributed by atoms with van der Waals surface area (Å²) >= 11 is 0. The van der Waals surface area contributed by atoms with Gasteiger partial charge in [-0.05, 0) is 12.0 Å². The lowest BCUT2D eigenvalue weighted by Gasteiger charge is -2.32. The first kappa shape index (κ1) is 15.7. The van der Waals surface area contributed by atoms with Gasteiger partial charge in [-0.15, -0.1) is 12.4 Å². The van der Waals surface area contributed by atoms with E-state index in [1.54, 1.807) is 0 Å². The molecule has 2 atom stereocenters. The van der Waals surface area contributed by atoms with Gasteiger partial charge in [-0.2, -0.15) is 0 Å². The molecule has 0 bridgehead atoms. The Bertz CT molecular complexity index is 405. The van der Waals surface area contributed by atoms with Gasteiger partial charge in [0.25, 0.3) is 0 Å². The van der Waals surface area contributed by atoms with Crippen LogP contribution in [0.4, 0.5) is 9.18 Å². The topological polar surface area (TPSA) is 55.6 Å². The molecule has 19 heavy (non-hydrogen) atoms. The van der Waals surface area contributed by atoms with Gasteiger partial charge in [0.2, 0.25) is 0 Å². The smallest absolute Gasteiger partial charge is 0.410 e. The third-order valence-electron chi connectivity index (χ3n) is 3.06. The van der Waals surface area contributed by atoms with E-state index in [0.717, 1.165) is 5.56 Å². The second-order valence-electron chi connectivity index (χ2n) is 4.45. The molecule has 1 fully saturated rings. The van der Waals surface area contributed by atoms with Gasteiger partial charge in [0.15, 0.2) is 0 Å². The summed E-state index contributed by atoms with van der Waals surface area (Å²) in [6.45, 7) is 0.684. The Morgan fingerprint density at radius 2 is 2.11 bits per heavy atom. The normalized spacial score (nSPS) is 22.5. The fraction of sp³-hybridized carbons (Fsp3) is 0.462. The molecule has 1 aliphatic rings. The van der Waals surface area contributed by atoms with Crippen molar-refractivity contribution < 1.29 is 13.9 Å². The van der Waals surface area contributed by atoms with E-state index in [4.69, 9.17) is 10.5 Å². The Morgan fingerprint density at radius 3 is 2.74 bits per heavy atom. The fourth-order valence-corrected chi connectivity index (χ4v) is 1.90. The zero-order valence-electron chi connectivity index (χ0n) is 10.5. The minimum absolute atomic E-state index is 0. The van der Waals surface area contributed by atoms with Crippen molar-refractivity contribution >= 4 is 18.5 Å². The van der Waals surface area contributed by atoms with Gasteiger partial charge in [0.1, 0.15) is 12.8 Å². The zero-order valence-corrected chi connectivity index (χ0v) is 11.3. The predicted molar refractivity (Wildman–Crippen MR) is 72.9 cm³/mol. The predicted octanol–water partition coefficient (Wildman–Crippen LogP) is 2.12. The van der Waals surface area contributed by atoms with E-state index in [1.165, 1.54) is 4.90 Å². The van der Waals surface area contributed by atoms with E-state index >= 15 is 0 Å². The average Bonchev–Trinajstić information content (AvgIpc) is 2.40. The number of halogens is 2. The molecule has 1 heterocycles. The Balaban J connectivity index is 0.00000180. The molecule has 1 saturated heterocycles. The van der Waals surface area contributed by atoms with Crippen LogP contribution in [0.5, 0.6) is 0 Å². The third-order valence-corrected chi connectivity index (χ3v) is 3.06. The molecular weight excluding hydrogens is 271 g/mol. The van der Waals surface area contributed by atoms with Crippen LogP contribution in [0.3, 0.4) is 0 Å². The van der Waals surface area contributed by atoms with Crippen LogP contribution in [0.1, 0.15) is 12.0 Å². The highest BCUT2D eigenvalue weighted by molar-refractivity contribution is 5.85. The van der Waals surface area contributed by atoms with E-state index < -0.39 is 18.3 Å². The summed E-state index contributed by atoms with van der Waals surface area (Å²) in [5, 5.41) is 0. The highest BCUT2D eigenvalue weighted by atomic mass is 35.5. The molecule has 1 aromatic rings. The molecule has 106 valence electrons. The maximum atomic E-state index is 13.4. The van der Waals surface area contributed by atoms with E-state index in [9.17, 15) is 9.18 Å². The molecule has 0 aliphatic carbocycles. The first-order valence-corrected chi connectivity index (χ1v) is 6.02. The average molecular weight is 289 g/mol. The molecule has 0 aromatic heterocycles. The second kappa shape index (κ2) is 7.31. The van der Waals surface area contributed by atoms with Crippen LogP contribution >= 0.6 is 12.4 Å². The molecular formula is C13H18ClFN2O2. The minimum atomic E-state index is -1.16. The number of piperidine rings is 1. The SMILES string of the molecule is Cl.N[C@@H]1CCN(C(=O)OCc2ccccc2)C[C@H]1F. The quantitative estimate of drug-likeness (QED) is 0.907. The molecule has 1 aromatic carbocycles. The molecule has 1 aliphatic heterocycles. The number of ether oxygens (including phenoxy) is 1.